The van der Waals surface area contributed by atoms with Crippen LogP contribution < -0.4 is 4.74 Å². The predicted molar refractivity (Wildman–Crippen MR) is 95.3 cm³/mol. The van der Waals surface area contributed by atoms with E-state index < -0.39 is 0 Å². The average Bonchev–Trinajstić information content (AvgIpc) is 2.64. The molecule has 6 nitrogen and oxygen atoms in total. The van der Waals surface area contributed by atoms with E-state index in [1.165, 1.54) is 0 Å². The topological polar surface area (TPSA) is 53.1 Å². The van der Waals surface area contributed by atoms with E-state index >= 15 is 0 Å². The molecule has 2 atom stereocenters. The molecule has 0 bridgehead atoms. The molecule has 136 valence electrons. The quantitative estimate of drug-likeness (QED) is 0.830. The number of likely N-dealkylation sites (tertiary alicyclic amines) is 1. The average molecular weight is 345 g/mol. The highest BCUT2D eigenvalue weighted by Crippen LogP contribution is 2.37. The molecular weight excluding hydrogens is 318 g/mol. The molecule has 0 N–H and O–H groups in total. The fourth-order valence-corrected chi connectivity index (χ4v) is 3.82. The Bertz CT molecular complexity index is 623. The molecule has 2 aliphatic rings. The zero-order chi connectivity index (χ0) is 18.0. The predicted octanol–water partition coefficient (Wildman–Crippen LogP) is 1.38. The summed E-state index contributed by atoms with van der Waals surface area (Å²) in [5.74, 6) is 0.867. The van der Waals surface area contributed by atoms with Crippen LogP contribution in [0.15, 0.2) is 24.3 Å². The first-order valence-corrected chi connectivity index (χ1v) is 8.88. The first-order valence-electron chi connectivity index (χ1n) is 8.88. The first-order chi connectivity index (χ1) is 12.0. The normalized spacial score (nSPS) is 25.2. The van der Waals surface area contributed by atoms with Crippen LogP contribution in [0.25, 0.3) is 0 Å². The Kier molecular flexibility index (Phi) is 5.27. The smallest absolute Gasteiger partial charge is 0.228 e. The fraction of sp³-hybridized carbons (Fsp3) is 0.579. The molecule has 0 aromatic heterocycles. The standard InChI is InChI=1S/C19H27N3O3/c1-20-10-12-22(13-11-20)19(24)16-8-9-17(23)21(2)18(16)14-4-6-15(25-3)7-5-14/h4-7,16,18H,8-13H2,1-3H3/t16-,18-/m1/s1. The van der Waals surface area contributed by atoms with Crippen LogP contribution >= 0.6 is 0 Å². The van der Waals surface area contributed by atoms with E-state index in [-0.39, 0.29) is 23.8 Å². The molecular formula is C19H27N3O3. The zero-order valence-electron chi connectivity index (χ0n) is 15.3. The lowest BCUT2D eigenvalue weighted by molar-refractivity contribution is -0.147. The number of likely N-dealkylation sites (N-methyl/N-ethyl adjacent to an activating group) is 1. The summed E-state index contributed by atoms with van der Waals surface area (Å²) in [6.07, 6.45) is 1.05. The van der Waals surface area contributed by atoms with Crippen molar-refractivity contribution in [2.24, 2.45) is 5.92 Å². The molecule has 25 heavy (non-hydrogen) atoms. The van der Waals surface area contributed by atoms with E-state index in [9.17, 15) is 9.59 Å². The van der Waals surface area contributed by atoms with E-state index in [1.54, 1.807) is 19.1 Å². The Morgan fingerprint density at radius 2 is 1.72 bits per heavy atom. The second-order valence-electron chi connectivity index (χ2n) is 7.00. The third-order valence-corrected chi connectivity index (χ3v) is 5.45. The summed E-state index contributed by atoms with van der Waals surface area (Å²) < 4.78 is 5.22. The molecule has 0 spiro atoms. The Hall–Kier alpha value is -2.08. The number of rotatable bonds is 3. The van der Waals surface area contributed by atoms with Gasteiger partial charge < -0.3 is 19.4 Å². The van der Waals surface area contributed by atoms with E-state index in [2.05, 4.69) is 11.9 Å². The van der Waals surface area contributed by atoms with Crippen molar-refractivity contribution < 1.29 is 14.3 Å². The van der Waals surface area contributed by atoms with Crippen LogP contribution in [0.3, 0.4) is 0 Å². The number of carbonyl (C=O) groups excluding carboxylic acids is 2. The van der Waals surface area contributed by atoms with Crippen LogP contribution in [-0.2, 0) is 9.59 Å². The number of nitrogens with zero attached hydrogens (tertiary/aromatic N) is 3. The Balaban J connectivity index is 1.84. The van der Waals surface area contributed by atoms with Gasteiger partial charge in [-0.3, -0.25) is 9.59 Å². The van der Waals surface area contributed by atoms with Crippen LogP contribution in [0.2, 0.25) is 0 Å². The van der Waals surface area contributed by atoms with E-state index in [0.29, 0.717) is 12.8 Å². The second-order valence-corrected chi connectivity index (χ2v) is 7.00. The Morgan fingerprint density at radius 3 is 2.32 bits per heavy atom. The lowest BCUT2D eigenvalue weighted by Gasteiger charge is -2.42. The fourth-order valence-electron chi connectivity index (χ4n) is 3.82. The number of piperazine rings is 1. The maximum atomic E-state index is 13.2. The number of hydrogen-bond acceptors (Lipinski definition) is 4. The van der Waals surface area contributed by atoms with Crippen molar-refractivity contribution >= 4 is 11.8 Å². The third-order valence-electron chi connectivity index (χ3n) is 5.45. The van der Waals surface area contributed by atoms with Crippen LogP contribution in [0.1, 0.15) is 24.4 Å². The van der Waals surface area contributed by atoms with Gasteiger partial charge in [0.1, 0.15) is 5.75 Å². The van der Waals surface area contributed by atoms with Gasteiger partial charge in [0, 0.05) is 39.6 Å². The van der Waals surface area contributed by atoms with Gasteiger partial charge in [-0.25, -0.2) is 0 Å². The molecule has 2 amide bonds. The maximum absolute atomic E-state index is 13.2. The third kappa shape index (κ3) is 3.63. The summed E-state index contributed by atoms with van der Waals surface area (Å²) in [5.41, 5.74) is 0.990. The number of ether oxygens (including phenoxy) is 1. The van der Waals surface area contributed by atoms with Crippen molar-refractivity contribution in [3.8, 4) is 5.75 Å². The summed E-state index contributed by atoms with van der Waals surface area (Å²) in [6, 6.07) is 7.49. The number of amides is 2. The van der Waals surface area contributed by atoms with Crippen LogP contribution in [-0.4, -0.2) is 73.9 Å². The SMILES string of the molecule is COc1ccc([C@@H]2[C@H](C(=O)N3CCN(C)CC3)CCC(=O)N2C)cc1. The van der Waals surface area contributed by atoms with Crippen molar-refractivity contribution in [1.29, 1.82) is 0 Å². The maximum Gasteiger partial charge on any atom is 0.228 e. The number of benzene rings is 1. The summed E-state index contributed by atoms with van der Waals surface area (Å²) >= 11 is 0. The molecule has 3 rings (SSSR count). The van der Waals surface area contributed by atoms with Gasteiger partial charge in [-0.15, -0.1) is 0 Å². The number of methoxy groups -OCH3 is 1. The molecule has 2 saturated heterocycles. The van der Waals surface area contributed by atoms with Gasteiger partial charge in [-0.2, -0.15) is 0 Å². The molecule has 0 saturated carbocycles. The van der Waals surface area contributed by atoms with Crippen molar-refractivity contribution in [1.82, 2.24) is 14.7 Å². The van der Waals surface area contributed by atoms with Crippen LogP contribution in [0, 0.1) is 5.92 Å². The Morgan fingerprint density at radius 1 is 1.08 bits per heavy atom. The van der Waals surface area contributed by atoms with E-state index in [0.717, 1.165) is 37.5 Å². The molecule has 6 heteroatoms. The lowest BCUT2D eigenvalue weighted by Crippen LogP contribution is -2.52. The monoisotopic (exact) mass is 345 g/mol. The van der Waals surface area contributed by atoms with Crippen LogP contribution in [0.5, 0.6) is 5.75 Å². The molecule has 2 fully saturated rings. The minimum Gasteiger partial charge on any atom is -0.497 e. The van der Waals surface area contributed by atoms with Gasteiger partial charge in [0.15, 0.2) is 0 Å². The van der Waals surface area contributed by atoms with E-state index in [4.69, 9.17) is 4.74 Å². The van der Waals surface area contributed by atoms with Gasteiger partial charge in [-0.1, -0.05) is 12.1 Å². The second kappa shape index (κ2) is 7.44. The minimum atomic E-state index is -0.209. The molecule has 0 aliphatic carbocycles. The highest BCUT2D eigenvalue weighted by atomic mass is 16.5. The van der Waals surface area contributed by atoms with Gasteiger partial charge in [-0.05, 0) is 31.2 Å². The molecule has 0 radical (unpaired) electrons. The molecule has 0 unspecified atom stereocenters. The lowest BCUT2D eigenvalue weighted by atomic mass is 9.83. The number of carbonyl (C=O) groups is 2. The van der Waals surface area contributed by atoms with Crippen molar-refractivity contribution in [2.45, 2.75) is 18.9 Å². The van der Waals surface area contributed by atoms with Crippen molar-refractivity contribution in [3.05, 3.63) is 29.8 Å². The van der Waals surface area contributed by atoms with Gasteiger partial charge in [0.05, 0.1) is 19.1 Å². The first kappa shape index (κ1) is 17.7. The Labute approximate surface area is 149 Å². The summed E-state index contributed by atoms with van der Waals surface area (Å²) in [6.45, 7) is 3.33. The van der Waals surface area contributed by atoms with Gasteiger partial charge in [0.2, 0.25) is 11.8 Å². The van der Waals surface area contributed by atoms with Crippen molar-refractivity contribution in [2.75, 3.05) is 47.4 Å². The molecule has 1 aromatic carbocycles. The highest BCUT2D eigenvalue weighted by Gasteiger charge is 2.40. The highest BCUT2D eigenvalue weighted by molar-refractivity contribution is 5.85. The molecule has 2 heterocycles. The van der Waals surface area contributed by atoms with Crippen molar-refractivity contribution in [3.63, 3.8) is 0 Å². The van der Waals surface area contributed by atoms with Gasteiger partial charge in [0.25, 0.3) is 0 Å². The zero-order valence-corrected chi connectivity index (χ0v) is 15.3. The molecule has 2 aliphatic heterocycles. The number of hydrogen-bond donors (Lipinski definition) is 0. The summed E-state index contributed by atoms with van der Waals surface area (Å²) in [4.78, 5) is 31.4. The number of piperidine rings is 1. The summed E-state index contributed by atoms with van der Waals surface area (Å²) in [7, 11) is 5.51. The van der Waals surface area contributed by atoms with Gasteiger partial charge >= 0.3 is 0 Å². The van der Waals surface area contributed by atoms with Crippen LogP contribution in [0.4, 0.5) is 0 Å². The molecule has 1 aromatic rings. The largest absolute Gasteiger partial charge is 0.497 e. The minimum absolute atomic E-state index is 0.100. The van der Waals surface area contributed by atoms with E-state index in [1.807, 2.05) is 29.2 Å². The summed E-state index contributed by atoms with van der Waals surface area (Å²) in [5, 5.41) is 0.